The van der Waals surface area contributed by atoms with Gasteiger partial charge in [0, 0.05) is 6.20 Å². The number of alkyl halides is 2. The minimum absolute atomic E-state index is 0.164. The third-order valence-electron chi connectivity index (χ3n) is 0.949. The van der Waals surface area contributed by atoms with Crippen molar-refractivity contribution < 1.29 is 8.78 Å². The Hall–Kier alpha value is -0.290. The summed E-state index contributed by atoms with van der Waals surface area (Å²) < 4.78 is 24.2. The lowest BCUT2D eigenvalue weighted by atomic mass is 10.4. The molecule has 0 saturated heterocycles. The van der Waals surface area contributed by atoms with Crippen molar-refractivity contribution in [3.05, 3.63) is 21.6 Å². The number of hydrogen-bond acceptors (Lipinski definition) is 2. The van der Waals surface area contributed by atoms with Crippen molar-refractivity contribution in [1.82, 2.24) is 9.97 Å². The van der Waals surface area contributed by atoms with Gasteiger partial charge in [-0.25, -0.2) is 18.7 Å². The summed E-state index contributed by atoms with van der Waals surface area (Å²) in [5, 5.41) is -0.177. The summed E-state index contributed by atoms with van der Waals surface area (Å²) in [5.41, 5.74) is -0.384. The van der Waals surface area contributed by atoms with Gasteiger partial charge in [-0.2, -0.15) is 0 Å². The van der Waals surface area contributed by atoms with Gasteiger partial charge in [-0.1, -0.05) is 0 Å². The van der Waals surface area contributed by atoms with Crippen molar-refractivity contribution >= 4 is 27.5 Å². The number of halogens is 4. The van der Waals surface area contributed by atoms with Crippen LogP contribution in [0.4, 0.5) is 8.78 Å². The SMILES string of the molecule is FC(F)c1nc(Cl)ncc1Br. The second-order valence-electron chi connectivity index (χ2n) is 1.67. The molecule has 0 unspecified atom stereocenters. The van der Waals surface area contributed by atoms with Gasteiger partial charge in [-0.05, 0) is 27.5 Å². The first kappa shape index (κ1) is 8.80. The van der Waals surface area contributed by atoms with Crippen molar-refractivity contribution in [2.24, 2.45) is 0 Å². The first-order chi connectivity index (χ1) is 5.11. The average Bonchev–Trinajstić information content (AvgIpc) is 1.94. The largest absolute Gasteiger partial charge is 0.281 e. The fourth-order valence-corrected chi connectivity index (χ4v) is 1.01. The molecule has 0 radical (unpaired) electrons. The molecule has 2 nitrogen and oxygen atoms in total. The van der Waals surface area contributed by atoms with Crippen molar-refractivity contribution in [3.63, 3.8) is 0 Å². The van der Waals surface area contributed by atoms with Gasteiger partial charge in [-0.15, -0.1) is 0 Å². The second-order valence-corrected chi connectivity index (χ2v) is 2.87. The van der Waals surface area contributed by atoms with E-state index >= 15 is 0 Å². The molecular formula is C5H2BrClF2N2. The number of aromatic nitrogens is 2. The number of hydrogen-bond donors (Lipinski definition) is 0. The second kappa shape index (κ2) is 3.40. The standard InChI is InChI=1S/C5H2BrClF2N2/c6-2-1-10-5(7)11-3(2)4(8)9/h1,4H. The van der Waals surface area contributed by atoms with Crippen LogP contribution in [0, 0.1) is 0 Å². The molecular weight excluding hydrogens is 241 g/mol. The zero-order chi connectivity index (χ0) is 8.43. The monoisotopic (exact) mass is 242 g/mol. The van der Waals surface area contributed by atoms with Gasteiger partial charge in [0.1, 0.15) is 5.69 Å². The molecule has 0 N–H and O–H groups in total. The van der Waals surface area contributed by atoms with Crippen LogP contribution in [0.2, 0.25) is 5.28 Å². The van der Waals surface area contributed by atoms with E-state index in [0.29, 0.717) is 0 Å². The molecule has 0 saturated carbocycles. The van der Waals surface area contributed by atoms with E-state index in [1.54, 1.807) is 0 Å². The zero-order valence-electron chi connectivity index (χ0n) is 5.06. The fraction of sp³-hybridized carbons (Fsp3) is 0.200. The van der Waals surface area contributed by atoms with Crippen LogP contribution in [0.15, 0.2) is 10.7 Å². The predicted octanol–water partition coefficient (Wildman–Crippen LogP) is 2.83. The third-order valence-corrected chi connectivity index (χ3v) is 1.74. The molecule has 0 aliphatic heterocycles. The number of nitrogens with zero attached hydrogens (tertiary/aromatic N) is 2. The van der Waals surface area contributed by atoms with E-state index in [-0.39, 0.29) is 15.5 Å². The molecule has 1 aromatic rings. The highest BCUT2D eigenvalue weighted by molar-refractivity contribution is 9.10. The highest BCUT2D eigenvalue weighted by atomic mass is 79.9. The fourth-order valence-electron chi connectivity index (χ4n) is 0.511. The molecule has 0 aromatic carbocycles. The van der Waals surface area contributed by atoms with Crippen LogP contribution in [0.1, 0.15) is 12.1 Å². The van der Waals surface area contributed by atoms with E-state index in [9.17, 15) is 8.78 Å². The van der Waals surface area contributed by atoms with E-state index in [0.717, 1.165) is 0 Å². The summed E-state index contributed by atoms with van der Waals surface area (Å²) in [4.78, 5) is 6.83. The van der Waals surface area contributed by atoms with Crippen LogP contribution < -0.4 is 0 Å². The molecule has 0 atom stereocenters. The Morgan fingerprint density at radius 3 is 2.64 bits per heavy atom. The maximum atomic E-state index is 12.0. The molecule has 0 aliphatic rings. The molecule has 0 amide bonds. The topological polar surface area (TPSA) is 25.8 Å². The molecule has 1 heterocycles. The van der Waals surface area contributed by atoms with E-state index < -0.39 is 6.43 Å². The summed E-state index contributed by atoms with van der Waals surface area (Å²) in [5.74, 6) is 0. The first-order valence-corrected chi connectivity index (χ1v) is 3.74. The quantitative estimate of drug-likeness (QED) is 0.709. The van der Waals surface area contributed by atoms with E-state index in [2.05, 4.69) is 25.9 Å². The van der Waals surface area contributed by atoms with Crippen LogP contribution in [0.25, 0.3) is 0 Å². The summed E-state index contributed by atoms with van der Waals surface area (Å²) in [6.45, 7) is 0. The summed E-state index contributed by atoms with van der Waals surface area (Å²) in [6.07, 6.45) is -1.44. The Morgan fingerprint density at radius 2 is 2.18 bits per heavy atom. The Kier molecular flexibility index (Phi) is 2.72. The highest BCUT2D eigenvalue weighted by Gasteiger charge is 2.13. The molecule has 6 heteroatoms. The van der Waals surface area contributed by atoms with Gasteiger partial charge in [0.25, 0.3) is 6.43 Å². The normalized spacial score (nSPS) is 10.6. The lowest BCUT2D eigenvalue weighted by molar-refractivity contribution is 0.145. The Labute approximate surface area is 74.7 Å². The third kappa shape index (κ3) is 2.07. The van der Waals surface area contributed by atoms with Crippen molar-refractivity contribution in [2.75, 3.05) is 0 Å². The maximum Gasteiger partial charge on any atom is 0.281 e. The van der Waals surface area contributed by atoms with Gasteiger partial charge in [0.2, 0.25) is 5.28 Å². The van der Waals surface area contributed by atoms with E-state index in [1.165, 1.54) is 6.20 Å². The lowest BCUT2D eigenvalue weighted by Gasteiger charge is -1.99. The van der Waals surface area contributed by atoms with E-state index in [4.69, 9.17) is 11.6 Å². The van der Waals surface area contributed by atoms with Crippen LogP contribution in [-0.4, -0.2) is 9.97 Å². The van der Waals surface area contributed by atoms with Crippen LogP contribution in [0.3, 0.4) is 0 Å². The Bertz CT molecular complexity index is 269. The van der Waals surface area contributed by atoms with Gasteiger partial charge < -0.3 is 0 Å². The van der Waals surface area contributed by atoms with Gasteiger partial charge >= 0.3 is 0 Å². The smallest absolute Gasteiger partial charge is 0.225 e. The maximum absolute atomic E-state index is 12.0. The average molecular weight is 243 g/mol. The van der Waals surface area contributed by atoms with Crippen molar-refractivity contribution in [2.45, 2.75) is 6.43 Å². The van der Waals surface area contributed by atoms with Gasteiger partial charge in [0.05, 0.1) is 4.47 Å². The summed E-state index contributed by atoms with van der Waals surface area (Å²) in [7, 11) is 0. The molecule has 0 spiro atoms. The van der Waals surface area contributed by atoms with Crippen molar-refractivity contribution in [1.29, 1.82) is 0 Å². The highest BCUT2D eigenvalue weighted by Crippen LogP contribution is 2.25. The lowest BCUT2D eigenvalue weighted by Crippen LogP contribution is -1.93. The van der Waals surface area contributed by atoms with Gasteiger partial charge in [0.15, 0.2) is 0 Å². The summed E-state index contributed by atoms with van der Waals surface area (Å²) in [6, 6.07) is 0. The molecule has 0 bridgehead atoms. The molecule has 1 rings (SSSR count). The molecule has 1 aromatic heterocycles. The minimum Gasteiger partial charge on any atom is -0.225 e. The Balaban J connectivity index is 3.13. The molecule has 60 valence electrons. The minimum atomic E-state index is -2.63. The molecule has 0 aliphatic carbocycles. The van der Waals surface area contributed by atoms with Crippen LogP contribution in [-0.2, 0) is 0 Å². The zero-order valence-corrected chi connectivity index (χ0v) is 7.40. The van der Waals surface area contributed by atoms with Crippen molar-refractivity contribution in [3.8, 4) is 0 Å². The predicted molar refractivity (Wildman–Crippen MR) is 39.7 cm³/mol. The van der Waals surface area contributed by atoms with Crippen LogP contribution in [0.5, 0.6) is 0 Å². The molecule has 11 heavy (non-hydrogen) atoms. The van der Waals surface area contributed by atoms with E-state index in [1.807, 2.05) is 0 Å². The Morgan fingerprint density at radius 1 is 1.55 bits per heavy atom. The first-order valence-electron chi connectivity index (χ1n) is 2.57. The number of rotatable bonds is 1. The summed E-state index contributed by atoms with van der Waals surface area (Å²) >= 11 is 8.15. The van der Waals surface area contributed by atoms with Crippen LogP contribution >= 0.6 is 27.5 Å². The van der Waals surface area contributed by atoms with Gasteiger partial charge in [-0.3, -0.25) is 0 Å². The molecule has 0 fully saturated rings.